The van der Waals surface area contributed by atoms with Crippen LogP contribution in [0.3, 0.4) is 0 Å². The number of benzene rings is 1. The van der Waals surface area contributed by atoms with Crippen LogP contribution in [0.25, 0.3) is 0 Å². The lowest BCUT2D eigenvalue weighted by molar-refractivity contribution is -0.148. The summed E-state index contributed by atoms with van der Waals surface area (Å²) in [5.41, 5.74) is 0. The van der Waals surface area contributed by atoms with Gasteiger partial charge in [-0.1, -0.05) is 25.1 Å². The number of amides is 1. The molecule has 1 aromatic carbocycles. The molecule has 1 amide bonds. The third-order valence-corrected chi connectivity index (χ3v) is 3.75. The van der Waals surface area contributed by atoms with Crippen LogP contribution in [0.5, 0.6) is 5.75 Å². The third kappa shape index (κ3) is 3.97. The Hall–Kier alpha value is -2.04. The molecule has 5 heteroatoms. The average molecular weight is 291 g/mol. The zero-order valence-electron chi connectivity index (χ0n) is 12.2. The fraction of sp³-hybridized carbons (Fsp3) is 0.500. The first kappa shape index (κ1) is 15.4. The highest BCUT2D eigenvalue weighted by Crippen LogP contribution is 2.20. The number of hydrogen-bond donors (Lipinski definition) is 1. The van der Waals surface area contributed by atoms with E-state index in [1.165, 1.54) is 0 Å². The molecule has 2 rings (SSSR count). The maximum atomic E-state index is 12.5. The Morgan fingerprint density at radius 3 is 2.71 bits per heavy atom. The van der Waals surface area contributed by atoms with Crippen molar-refractivity contribution in [2.75, 3.05) is 13.1 Å². The number of likely N-dealkylation sites (tertiary alicyclic amines) is 1. The van der Waals surface area contributed by atoms with E-state index < -0.39 is 18.0 Å². The van der Waals surface area contributed by atoms with Crippen molar-refractivity contribution in [1.82, 2.24) is 4.90 Å². The summed E-state index contributed by atoms with van der Waals surface area (Å²) < 4.78 is 5.74. The molecular weight excluding hydrogens is 270 g/mol. The zero-order chi connectivity index (χ0) is 15.2. The maximum absolute atomic E-state index is 12.5. The molecule has 1 aliphatic rings. The predicted molar refractivity (Wildman–Crippen MR) is 78.1 cm³/mol. The van der Waals surface area contributed by atoms with E-state index in [1.54, 1.807) is 4.90 Å². The summed E-state index contributed by atoms with van der Waals surface area (Å²) in [4.78, 5) is 25.2. The maximum Gasteiger partial charge on any atom is 0.308 e. The minimum absolute atomic E-state index is 0.118. The van der Waals surface area contributed by atoms with E-state index in [2.05, 4.69) is 0 Å². The van der Waals surface area contributed by atoms with E-state index in [9.17, 15) is 9.59 Å². The predicted octanol–water partition coefficient (Wildman–Crippen LogP) is 2.17. The van der Waals surface area contributed by atoms with Crippen molar-refractivity contribution >= 4 is 11.9 Å². The number of carbonyl (C=O) groups excluding carboxylic acids is 1. The van der Waals surface area contributed by atoms with Crippen molar-refractivity contribution in [2.24, 2.45) is 5.92 Å². The van der Waals surface area contributed by atoms with Crippen LogP contribution < -0.4 is 4.74 Å². The lowest BCUT2D eigenvalue weighted by Crippen LogP contribution is -2.48. The molecule has 0 bridgehead atoms. The molecule has 1 heterocycles. The number of para-hydroxylation sites is 1. The molecule has 0 aliphatic carbocycles. The van der Waals surface area contributed by atoms with E-state index in [1.807, 2.05) is 37.3 Å². The lowest BCUT2D eigenvalue weighted by atomic mass is 9.97. The molecule has 0 radical (unpaired) electrons. The van der Waals surface area contributed by atoms with Crippen molar-refractivity contribution in [3.8, 4) is 5.75 Å². The molecule has 0 aromatic heterocycles. The van der Waals surface area contributed by atoms with Crippen LogP contribution >= 0.6 is 0 Å². The fourth-order valence-electron chi connectivity index (χ4n) is 2.55. The molecule has 0 spiro atoms. The normalized spacial score (nSPS) is 19.9. The van der Waals surface area contributed by atoms with E-state index in [0.29, 0.717) is 25.1 Å². The monoisotopic (exact) mass is 291 g/mol. The molecule has 0 saturated carbocycles. The number of hydrogen-bond acceptors (Lipinski definition) is 3. The molecule has 1 fully saturated rings. The average Bonchev–Trinajstić information content (AvgIpc) is 2.53. The van der Waals surface area contributed by atoms with Gasteiger partial charge in [0.1, 0.15) is 5.75 Å². The second kappa shape index (κ2) is 7.11. The molecular formula is C16H21NO4. The number of rotatable bonds is 5. The van der Waals surface area contributed by atoms with Crippen molar-refractivity contribution < 1.29 is 19.4 Å². The molecule has 114 valence electrons. The third-order valence-electron chi connectivity index (χ3n) is 3.75. The van der Waals surface area contributed by atoms with Crippen LogP contribution in [0.15, 0.2) is 30.3 Å². The number of aliphatic carboxylic acids is 1. The highest BCUT2D eigenvalue weighted by atomic mass is 16.5. The second-order valence-corrected chi connectivity index (χ2v) is 5.29. The van der Waals surface area contributed by atoms with Gasteiger partial charge in [-0.15, -0.1) is 0 Å². The van der Waals surface area contributed by atoms with Crippen LogP contribution in [-0.4, -0.2) is 41.1 Å². The molecule has 1 N–H and O–H groups in total. The van der Waals surface area contributed by atoms with Crippen LogP contribution in [0, 0.1) is 5.92 Å². The van der Waals surface area contributed by atoms with Crippen LogP contribution in [0.4, 0.5) is 0 Å². The van der Waals surface area contributed by atoms with Gasteiger partial charge < -0.3 is 14.7 Å². The van der Waals surface area contributed by atoms with Gasteiger partial charge in [-0.05, 0) is 31.4 Å². The van der Waals surface area contributed by atoms with Crippen LogP contribution in [0.1, 0.15) is 26.2 Å². The number of ether oxygens (including phenoxy) is 1. The van der Waals surface area contributed by atoms with Gasteiger partial charge in [0.2, 0.25) is 0 Å². The van der Waals surface area contributed by atoms with Crippen LogP contribution in [-0.2, 0) is 9.59 Å². The summed E-state index contributed by atoms with van der Waals surface area (Å²) in [7, 11) is 0. The molecule has 1 aliphatic heterocycles. The summed E-state index contributed by atoms with van der Waals surface area (Å²) in [6.45, 7) is 2.78. The van der Waals surface area contributed by atoms with Crippen molar-refractivity contribution in [3.63, 3.8) is 0 Å². The summed E-state index contributed by atoms with van der Waals surface area (Å²) in [6, 6.07) is 9.22. The molecule has 5 nitrogen and oxygen atoms in total. The van der Waals surface area contributed by atoms with E-state index in [-0.39, 0.29) is 12.5 Å². The molecule has 1 saturated heterocycles. The smallest absolute Gasteiger partial charge is 0.308 e. The number of piperidine rings is 1. The van der Waals surface area contributed by atoms with E-state index >= 15 is 0 Å². The Kier molecular flexibility index (Phi) is 5.20. The van der Waals surface area contributed by atoms with E-state index in [0.717, 1.165) is 6.42 Å². The second-order valence-electron chi connectivity index (χ2n) is 5.29. The van der Waals surface area contributed by atoms with Gasteiger partial charge in [0.05, 0.1) is 5.92 Å². The highest BCUT2D eigenvalue weighted by molar-refractivity contribution is 5.82. The minimum Gasteiger partial charge on any atom is -0.481 e. The lowest BCUT2D eigenvalue weighted by Gasteiger charge is -2.33. The largest absolute Gasteiger partial charge is 0.481 e. The standard InChI is InChI=1S/C16H21NO4/c1-2-14(21-13-8-4-3-5-9-13)15(18)17-10-6-7-12(11-17)16(19)20/h3-5,8-9,12,14H,2,6-7,10-11H2,1H3,(H,19,20)/t12-,14+/m0/s1. The minimum atomic E-state index is -0.829. The van der Waals surface area contributed by atoms with Gasteiger partial charge in [-0.2, -0.15) is 0 Å². The Morgan fingerprint density at radius 2 is 2.10 bits per heavy atom. The highest BCUT2D eigenvalue weighted by Gasteiger charge is 2.31. The topological polar surface area (TPSA) is 66.8 Å². The molecule has 1 aromatic rings. The van der Waals surface area contributed by atoms with Crippen molar-refractivity contribution in [3.05, 3.63) is 30.3 Å². The van der Waals surface area contributed by atoms with Gasteiger partial charge in [-0.25, -0.2) is 0 Å². The summed E-state index contributed by atoms with van der Waals surface area (Å²) in [5.74, 6) is -0.752. The van der Waals surface area contributed by atoms with Crippen molar-refractivity contribution in [2.45, 2.75) is 32.3 Å². The fourth-order valence-corrected chi connectivity index (χ4v) is 2.55. The quantitative estimate of drug-likeness (QED) is 0.903. The SMILES string of the molecule is CC[C@@H](Oc1ccccc1)C(=O)N1CCC[C@H](C(=O)O)C1. The number of nitrogens with zero attached hydrogens (tertiary/aromatic N) is 1. The van der Waals surface area contributed by atoms with Crippen molar-refractivity contribution in [1.29, 1.82) is 0 Å². The number of carboxylic acid groups (broad SMARTS) is 1. The first-order chi connectivity index (χ1) is 10.1. The summed E-state index contributed by atoms with van der Waals surface area (Å²) >= 11 is 0. The molecule has 0 unspecified atom stereocenters. The Bertz CT molecular complexity index is 488. The molecule has 21 heavy (non-hydrogen) atoms. The first-order valence-electron chi connectivity index (χ1n) is 7.35. The van der Waals surface area contributed by atoms with Gasteiger partial charge in [0.25, 0.3) is 5.91 Å². The van der Waals surface area contributed by atoms with Gasteiger partial charge in [0.15, 0.2) is 6.10 Å². The summed E-state index contributed by atoms with van der Waals surface area (Å²) in [6.07, 6.45) is 1.36. The van der Waals surface area contributed by atoms with Crippen LogP contribution in [0.2, 0.25) is 0 Å². The molecule has 2 atom stereocenters. The van der Waals surface area contributed by atoms with Gasteiger partial charge >= 0.3 is 5.97 Å². The Balaban J connectivity index is 2.00. The Morgan fingerprint density at radius 1 is 1.38 bits per heavy atom. The first-order valence-corrected chi connectivity index (χ1v) is 7.35. The van der Waals surface area contributed by atoms with Gasteiger partial charge in [-0.3, -0.25) is 9.59 Å². The van der Waals surface area contributed by atoms with E-state index in [4.69, 9.17) is 9.84 Å². The van der Waals surface area contributed by atoms with Gasteiger partial charge in [0, 0.05) is 13.1 Å². The Labute approximate surface area is 124 Å². The summed E-state index contributed by atoms with van der Waals surface area (Å²) in [5, 5.41) is 9.10. The zero-order valence-corrected chi connectivity index (χ0v) is 12.2. The number of carboxylic acids is 1. The number of carbonyl (C=O) groups is 2.